The fourth-order valence-electron chi connectivity index (χ4n) is 5.25. The number of nitrogens with zero attached hydrogens (tertiary/aromatic N) is 7. The number of hydrogen-bond donors (Lipinski definition) is 2. The number of fused-ring (bicyclic) bond motifs is 3. The Balaban J connectivity index is 1.29. The number of rotatable bonds is 4. The lowest BCUT2D eigenvalue weighted by molar-refractivity contribution is 0.130. The van der Waals surface area contributed by atoms with Gasteiger partial charge in [0.2, 0.25) is 5.95 Å². The van der Waals surface area contributed by atoms with E-state index < -0.39 is 0 Å². The summed E-state index contributed by atoms with van der Waals surface area (Å²) in [5.74, 6) is 2.02. The lowest BCUT2D eigenvalue weighted by atomic mass is 9.97. The second-order valence-corrected chi connectivity index (χ2v) is 9.09. The Morgan fingerprint density at radius 2 is 2.06 bits per heavy atom. The van der Waals surface area contributed by atoms with Crippen molar-refractivity contribution in [2.24, 2.45) is 0 Å². The Morgan fingerprint density at radius 1 is 1.15 bits per heavy atom. The molecule has 0 bridgehead atoms. The maximum atomic E-state index is 10.2. The summed E-state index contributed by atoms with van der Waals surface area (Å²) < 4.78 is 8.90. The van der Waals surface area contributed by atoms with E-state index in [9.17, 15) is 5.11 Å². The van der Waals surface area contributed by atoms with E-state index in [1.54, 1.807) is 11.6 Å². The number of nitrogens with two attached hydrogens (primary N) is 1. The van der Waals surface area contributed by atoms with Gasteiger partial charge in [0.25, 0.3) is 0 Å². The van der Waals surface area contributed by atoms with Crippen molar-refractivity contribution in [3.8, 4) is 5.75 Å². The number of aliphatic hydroxyl groups excluding tert-OH is 1. The monoisotopic (exact) mass is 448 g/mol. The standard InChI is InChI=1S/C23H28N8O2/c1-33-16-7-8-17-18(10-16)26-23(24)31-22(17)27-21(28-31)14-4-3-9-29(12-14)15-11-25-30(13-15)19-5-2-6-20(19)32/h7-8,10-11,13-14,19-20,32H,2-6,9,12H2,1H3,(H2,24,26)/t14-,19?,20+/m1/s1. The largest absolute Gasteiger partial charge is 0.497 e. The summed E-state index contributed by atoms with van der Waals surface area (Å²) in [5, 5.41) is 20.4. The summed E-state index contributed by atoms with van der Waals surface area (Å²) in [4.78, 5) is 11.7. The summed E-state index contributed by atoms with van der Waals surface area (Å²) in [5.41, 5.74) is 8.76. The summed E-state index contributed by atoms with van der Waals surface area (Å²) in [6.07, 6.45) is 8.62. The highest BCUT2D eigenvalue weighted by Crippen LogP contribution is 2.33. The molecule has 6 rings (SSSR count). The second kappa shape index (κ2) is 7.87. The van der Waals surface area contributed by atoms with Gasteiger partial charge in [0.15, 0.2) is 11.5 Å². The van der Waals surface area contributed by atoms with Crippen LogP contribution in [0.2, 0.25) is 0 Å². The Kier molecular flexibility index (Phi) is 4.83. The van der Waals surface area contributed by atoms with Gasteiger partial charge in [0.05, 0.1) is 36.7 Å². The van der Waals surface area contributed by atoms with E-state index >= 15 is 0 Å². The van der Waals surface area contributed by atoms with Crippen LogP contribution in [0.1, 0.15) is 49.9 Å². The summed E-state index contributed by atoms with van der Waals surface area (Å²) in [6, 6.07) is 5.80. The molecule has 172 valence electrons. The van der Waals surface area contributed by atoms with Crippen molar-refractivity contribution in [1.29, 1.82) is 0 Å². The first kappa shape index (κ1) is 20.2. The minimum Gasteiger partial charge on any atom is -0.497 e. The van der Waals surface area contributed by atoms with Gasteiger partial charge in [-0.3, -0.25) is 4.68 Å². The minimum absolute atomic E-state index is 0.0850. The van der Waals surface area contributed by atoms with Gasteiger partial charge in [-0.15, -0.1) is 5.10 Å². The third kappa shape index (κ3) is 3.45. The van der Waals surface area contributed by atoms with Crippen LogP contribution in [0.15, 0.2) is 30.6 Å². The molecule has 3 N–H and O–H groups in total. The molecule has 3 atom stereocenters. The van der Waals surface area contributed by atoms with Crippen molar-refractivity contribution in [3.63, 3.8) is 0 Å². The summed E-state index contributed by atoms with van der Waals surface area (Å²) in [6.45, 7) is 1.78. The number of piperidine rings is 1. The highest BCUT2D eigenvalue weighted by Gasteiger charge is 2.30. The predicted molar refractivity (Wildman–Crippen MR) is 125 cm³/mol. The second-order valence-electron chi connectivity index (χ2n) is 9.09. The van der Waals surface area contributed by atoms with E-state index in [4.69, 9.17) is 20.6 Å². The van der Waals surface area contributed by atoms with Gasteiger partial charge < -0.3 is 20.5 Å². The molecule has 2 fully saturated rings. The number of aliphatic hydroxyl groups is 1. The van der Waals surface area contributed by atoms with E-state index in [0.717, 1.165) is 79.0 Å². The molecule has 1 saturated heterocycles. The van der Waals surface area contributed by atoms with Gasteiger partial charge in [-0.25, -0.2) is 9.97 Å². The maximum Gasteiger partial charge on any atom is 0.223 e. The third-order valence-corrected chi connectivity index (χ3v) is 7.04. The Hall–Kier alpha value is -3.40. The van der Waals surface area contributed by atoms with E-state index in [2.05, 4.69) is 21.2 Å². The fourth-order valence-corrected chi connectivity index (χ4v) is 5.25. The van der Waals surface area contributed by atoms with Crippen LogP contribution >= 0.6 is 0 Å². The molecule has 10 nitrogen and oxygen atoms in total. The molecule has 1 saturated carbocycles. The number of anilines is 2. The number of nitrogen functional groups attached to an aromatic ring is 1. The third-order valence-electron chi connectivity index (χ3n) is 7.04. The number of ether oxygens (including phenoxy) is 1. The van der Waals surface area contributed by atoms with Crippen LogP contribution in [0.25, 0.3) is 16.6 Å². The number of aromatic nitrogens is 6. The molecule has 4 heterocycles. The smallest absolute Gasteiger partial charge is 0.223 e. The normalized spacial score (nSPS) is 23.6. The first-order chi connectivity index (χ1) is 16.1. The SMILES string of the molecule is COc1ccc2c(c1)nc(N)n1nc([C@@H]3CCCN(c4cnn(C5CCC[C@@H]5O)c4)C3)nc21. The highest BCUT2D eigenvalue weighted by molar-refractivity contribution is 5.93. The molecule has 1 unspecified atom stereocenters. The number of benzene rings is 1. The molecular weight excluding hydrogens is 420 g/mol. The number of methoxy groups -OCH3 is 1. The van der Waals surface area contributed by atoms with E-state index in [1.807, 2.05) is 29.1 Å². The first-order valence-corrected chi connectivity index (χ1v) is 11.6. The van der Waals surface area contributed by atoms with E-state index in [0.29, 0.717) is 5.95 Å². The van der Waals surface area contributed by atoms with Gasteiger partial charge in [0, 0.05) is 36.7 Å². The fraction of sp³-hybridized carbons (Fsp3) is 0.478. The van der Waals surface area contributed by atoms with Gasteiger partial charge in [-0.1, -0.05) is 0 Å². The van der Waals surface area contributed by atoms with Crippen LogP contribution in [0.3, 0.4) is 0 Å². The Labute approximate surface area is 191 Å². The lowest BCUT2D eigenvalue weighted by Gasteiger charge is -2.32. The van der Waals surface area contributed by atoms with Crippen molar-refractivity contribution in [3.05, 3.63) is 36.4 Å². The molecule has 1 aliphatic heterocycles. The average molecular weight is 449 g/mol. The average Bonchev–Trinajstić information content (AvgIpc) is 3.58. The molecule has 33 heavy (non-hydrogen) atoms. The van der Waals surface area contributed by atoms with Gasteiger partial charge in [0.1, 0.15) is 5.75 Å². The summed E-state index contributed by atoms with van der Waals surface area (Å²) >= 11 is 0. The molecule has 4 aromatic rings. The van der Waals surface area contributed by atoms with Crippen LogP contribution in [-0.4, -0.2) is 60.8 Å². The van der Waals surface area contributed by atoms with E-state index in [1.165, 1.54) is 0 Å². The molecule has 0 amide bonds. The van der Waals surface area contributed by atoms with Crippen LogP contribution in [0.4, 0.5) is 11.6 Å². The van der Waals surface area contributed by atoms with Crippen LogP contribution in [0.5, 0.6) is 5.75 Å². The van der Waals surface area contributed by atoms with Crippen LogP contribution in [0, 0.1) is 0 Å². The zero-order valence-corrected chi connectivity index (χ0v) is 18.6. The van der Waals surface area contributed by atoms with Crippen LogP contribution < -0.4 is 15.4 Å². The quantitative estimate of drug-likeness (QED) is 0.489. The topological polar surface area (TPSA) is 120 Å². The van der Waals surface area contributed by atoms with Gasteiger partial charge >= 0.3 is 0 Å². The van der Waals surface area contributed by atoms with Crippen LogP contribution in [-0.2, 0) is 0 Å². The van der Waals surface area contributed by atoms with Crippen molar-refractivity contribution >= 4 is 28.2 Å². The zero-order chi connectivity index (χ0) is 22.5. The first-order valence-electron chi connectivity index (χ1n) is 11.6. The molecule has 3 aromatic heterocycles. The lowest BCUT2D eigenvalue weighted by Crippen LogP contribution is -2.34. The molecule has 1 aromatic carbocycles. The molecule has 10 heteroatoms. The highest BCUT2D eigenvalue weighted by atomic mass is 16.5. The molecule has 2 aliphatic rings. The summed E-state index contributed by atoms with van der Waals surface area (Å²) in [7, 11) is 1.63. The Morgan fingerprint density at radius 3 is 2.88 bits per heavy atom. The van der Waals surface area contributed by atoms with E-state index in [-0.39, 0.29) is 18.1 Å². The Bertz CT molecular complexity index is 1310. The van der Waals surface area contributed by atoms with Gasteiger partial charge in [-0.2, -0.15) is 9.61 Å². The zero-order valence-electron chi connectivity index (χ0n) is 18.6. The molecule has 1 aliphatic carbocycles. The van der Waals surface area contributed by atoms with Crippen molar-refractivity contribution < 1.29 is 9.84 Å². The maximum absolute atomic E-state index is 10.2. The minimum atomic E-state index is -0.303. The molecule has 0 radical (unpaired) electrons. The predicted octanol–water partition coefficient (Wildman–Crippen LogP) is 2.53. The number of hydrogen-bond acceptors (Lipinski definition) is 8. The van der Waals surface area contributed by atoms with Crippen molar-refractivity contribution in [1.82, 2.24) is 29.4 Å². The molecule has 0 spiro atoms. The molecular formula is C23H28N8O2. The van der Waals surface area contributed by atoms with Gasteiger partial charge in [-0.05, 0) is 44.2 Å². The van der Waals surface area contributed by atoms with Crippen molar-refractivity contribution in [2.45, 2.75) is 50.2 Å². The van der Waals surface area contributed by atoms with Crippen molar-refractivity contribution in [2.75, 3.05) is 30.8 Å².